The molecule has 2 aromatic rings. The van der Waals surface area contributed by atoms with E-state index in [9.17, 15) is 14.0 Å². The van der Waals surface area contributed by atoms with Gasteiger partial charge in [-0.15, -0.1) is 0 Å². The molecule has 2 heterocycles. The van der Waals surface area contributed by atoms with Crippen molar-refractivity contribution in [3.05, 3.63) is 65.7 Å². The molecule has 0 atom stereocenters. The van der Waals surface area contributed by atoms with E-state index in [1.807, 2.05) is 4.90 Å². The summed E-state index contributed by atoms with van der Waals surface area (Å²) < 4.78 is 12.9. The molecule has 1 N–H and O–H groups in total. The van der Waals surface area contributed by atoms with Crippen LogP contribution in [0.4, 0.5) is 4.39 Å². The molecule has 26 heavy (non-hydrogen) atoms. The minimum absolute atomic E-state index is 0.0335. The predicted octanol–water partition coefficient (Wildman–Crippen LogP) is 2.43. The number of hydrogen-bond acceptors (Lipinski definition) is 3. The van der Waals surface area contributed by atoms with Crippen molar-refractivity contribution in [2.24, 2.45) is 5.92 Å². The summed E-state index contributed by atoms with van der Waals surface area (Å²) in [6.07, 6.45) is 5.23. The molecular formula is C20H22FN3O2. The van der Waals surface area contributed by atoms with E-state index < -0.39 is 0 Å². The average Bonchev–Trinajstić information content (AvgIpc) is 2.69. The summed E-state index contributed by atoms with van der Waals surface area (Å²) in [4.78, 5) is 30.2. The summed E-state index contributed by atoms with van der Waals surface area (Å²) in [5.41, 5.74) is 1.45. The van der Waals surface area contributed by atoms with Crippen LogP contribution < -0.4 is 5.32 Å². The first-order chi connectivity index (χ1) is 12.6. The Bertz CT molecular complexity index is 741. The summed E-state index contributed by atoms with van der Waals surface area (Å²) in [6, 6.07) is 9.42. The van der Waals surface area contributed by atoms with E-state index in [4.69, 9.17) is 0 Å². The van der Waals surface area contributed by atoms with Crippen molar-refractivity contribution in [3.8, 4) is 0 Å². The molecule has 0 bridgehead atoms. The first-order valence-corrected chi connectivity index (χ1v) is 8.82. The average molecular weight is 355 g/mol. The number of nitrogens with zero attached hydrogens (tertiary/aromatic N) is 2. The first kappa shape index (κ1) is 18.0. The fraction of sp³-hybridized carbons (Fsp3) is 0.350. The number of likely N-dealkylation sites (tertiary alicyclic amines) is 1. The van der Waals surface area contributed by atoms with Crippen LogP contribution in [0.3, 0.4) is 0 Å². The van der Waals surface area contributed by atoms with E-state index in [2.05, 4.69) is 10.3 Å². The Hall–Kier alpha value is -2.76. The highest BCUT2D eigenvalue weighted by molar-refractivity contribution is 5.94. The Balaban J connectivity index is 1.40. The summed E-state index contributed by atoms with van der Waals surface area (Å²) in [5.74, 6) is 0.0361. The molecule has 2 amide bonds. The molecule has 5 nitrogen and oxygen atoms in total. The zero-order valence-corrected chi connectivity index (χ0v) is 14.5. The Kier molecular flexibility index (Phi) is 5.94. The molecule has 1 aliphatic heterocycles. The maximum Gasteiger partial charge on any atom is 0.253 e. The second-order valence-electron chi connectivity index (χ2n) is 6.58. The maximum atomic E-state index is 12.9. The number of benzene rings is 1. The second kappa shape index (κ2) is 8.56. The van der Waals surface area contributed by atoms with Gasteiger partial charge < -0.3 is 10.2 Å². The van der Waals surface area contributed by atoms with E-state index in [0.29, 0.717) is 31.1 Å². The highest BCUT2D eigenvalue weighted by atomic mass is 19.1. The van der Waals surface area contributed by atoms with Crippen molar-refractivity contribution < 1.29 is 14.0 Å². The zero-order valence-electron chi connectivity index (χ0n) is 14.5. The van der Waals surface area contributed by atoms with Gasteiger partial charge in [-0.1, -0.05) is 12.1 Å². The van der Waals surface area contributed by atoms with E-state index in [-0.39, 0.29) is 24.1 Å². The molecule has 0 saturated carbocycles. The molecule has 1 aromatic carbocycles. The molecule has 6 heteroatoms. The zero-order chi connectivity index (χ0) is 18.4. The number of hydrogen-bond donors (Lipinski definition) is 1. The van der Waals surface area contributed by atoms with Gasteiger partial charge >= 0.3 is 0 Å². The monoisotopic (exact) mass is 355 g/mol. The van der Waals surface area contributed by atoms with E-state index in [1.54, 1.807) is 36.7 Å². The number of piperidine rings is 1. The number of carbonyl (C=O) groups excluding carboxylic acids is 2. The first-order valence-electron chi connectivity index (χ1n) is 8.82. The van der Waals surface area contributed by atoms with E-state index in [1.165, 1.54) is 12.1 Å². The van der Waals surface area contributed by atoms with Gasteiger partial charge in [-0.3, -0.25) is 14.6 Å². The molecule has 136 valence electrons. The number of halogens is 1. The van der Waals surface area contributed by atoms with Gasteiger partial charge in [0.1, 0.15) is 5.82 Å². The lowest BCUT2D eigenvalue weighted by atomic mass is 9.96. The lowest BCUT2D eigenvalue weighted by Gasteiger charge is -2.32. The largest absolute Gasteiger partial charge is 0.356 e. The molecule has 1 aromatic heterocycles. The van der Waals surface area contributed by atoms with E-state index >= 15 is 0 Å². The number of pyridine rings is 1. The van der Waals surface area contributed by atoms with Gasteiger partial charge in [0.25, 0.3) is 5.91 Å². The van der Waals surface area contributed by atoms with Crippen LogP contribution in [0.15, 0.2) is 48.8 Å². The minimum Gasteiger partial charge on any atom is -0.356 e. The summed E-state index contributed by atoms with van der Waals surface area (Å²) >= 11 is 0. The van der Waals surface area contributed by atoms with Gasteiger partial charge in [-0.2, -0.15) is 0 Å². The predicted molar refractivity (Wildman–Crippen MR) is 96.0 cm³/mol. The second-order valence-corrected chi connectivity index (χ2v) is 6.58. The molecular weight excluding hydrogens is 333 g/mol. The highest BCUT2D eigenvalue weighted by Gasteiger charge is 2.23. The van der Waals surface area contributed by atoms with Gasteiger partial charge in [-0.05, 0) is 48.6 Å². The number of amides is 2. The van der Waals surface area contributed by atoms with Gasteiger partial charge in [0, 0.05) is 37.6 Å². The number of nitrogens with one attached hydrogen (secondary N) is 1. The Labute approximate surface area is 152 Å². The van der Waals surface area contributed by atoms with Crippen molar-refractivity contribution in [2.75, 3.05) is 19.6 Å². The van der Waals surface area contributed by atoms with Crippen molar-refractivity contribution >= 4 is 11.8 Å². The summed E-state index contributed by atoms with van der Waals surface area (Å²) in [6.45, 7) is 2.00. The topological polar surface area (TPSA) is 62.3 Å². The van der Waals surface area contributed by atoms with E-state index in [0.717, 1.165) is 18.4 Å². The Morgan fingerprint density at radius 2 is 1.73 bits per heavy atom. The van der Waals surface area contributed by atoms with Crippen LogP contribution in [0.25, 0.3) is 0 Å². The van der Waals surface area contributed by atoms with Crippen molar-refractivity contribution in [3.63, 3.8) is 0 Å². The lowest BCUT2D eigenvalue weighted by Crippen LogP contribution is -2.41. The van der Waals surface area contributed by atoms with Crippen molar-refractivity contribution in [2.45, 2.75) is 19.3 Å². The van der Waals surface area contributed by atoms with Crippen molar-refractivity contribution in [1.82, 2.24) is 15.2 Å². The minimum atomic E-state index is -0.303. The van der Waals surface area contributed by atoms with Crippen LogP contribution in [-0.2, 0) is 11.2 Å². The normalized spacial score (nSPS) is 14.9. The highest BCUT2D eigenvalue weighted by Crippen LogP contribution is 2.18. The smallest absolute Gasteiger partial charge is 0.253 e. The van der Waals surface area contributed by atoms with Crippen LogP contribution in [0.5, 0.6) is 0 Å². The van der Waals surface area contributed by atoms with Gasteiger partial charge in [0.2, 0.25) is 5.91 Å². The summed E-state index contributed by atoms with van der Waals surface area (Å²) in [5, 5.41) is 2.95. The van der Waals surface area contributed by atoms with Gasteiger partial charge in [-0.25, -0.2) is 4.39 Å². The number of rotatable bonds is 5. The third-order valence-corrected chi connectivity index (χ3v) is 4.69. The van der Waals surface area contributed by atoms with Crippen LogP contribution in [-0.4, -0.2) is 41.3 Å². The van der Waals surface area contributed by atoms with Crippen LogP contribution in [0, 0.1) is 11.7 Å². The SMILES string of the molecule is O=C(Cc1ccc(F)cc1)NCC1CCN(C(=O)c2ccncc2)CC1. The van der Waals surface area contributed by atoms with Crippen LogP contribution in [0.1, 0.15) is 28.8 Å². The molecule has 0 aliphatic carbocycles. The maximum absolute atomic E-state index is 12.9. The van der Waals surface area contributed by atoms with Crippen LogP contribution >= 0.6 is 0 Å². The summed E-state index contributed by atoms with van der Waals surface area (Å²) in [7, 11) is 0. The number of carbonyl (C=O) groups is 2. The fourth-order valence-corrected chi connectivity index (χ4v) is 3.13. The standard InChI is InChI=1S/C20H22FN3O2/c21-18-3-1-15(2-4-18)13-19(25)23-14-16-7-11-24(12-8-16)20(26)17-5-9-22-10-6-17/h1-6,9-10,16H,7-8,11-14H2,(H,23,25). The Morgan fingerprint density at radius 3 is 2.38 bits per heavy atom. The molecule has 0 radical (unpaired) electrons. The molecule has 1 saturated heterocycles. The quantitative estimate of drug-likeness (QED) is 0.896. The third-order valence-electron chi connectivity index (χ3n) is 4.69. The molecule has 0 unspecified atom stereocenters. The Morgan fingerprint density at radius 1 is 1.08 bits per heavy atom. The molecule has 1 aliphatic rings. The lowest BCUT2D eigenvalue weighted by molar-refractivity contribution is -0.120. The molecule has 3 rings (SSSR count). The van der Waals surface area contributed by atoms with Gasteiger partial charge in [0.15, 0.2) is 0 Å². The third kappa shape index (κ3) is 4.88. The number of aromatic nitrogens is 1. The molecule has 1 fully saturated rings. The molecule has 0 spiro atoms. The van der Waals surface area contributed by atoms with Crippen LogP contribution in [0.2, 0.25) is 0 Å². The van der Waals surface area contributed by atoms with Crippen molar-refractivity contribution in [1.29, 1.82) is 0 Å². The fourth-order valence-electron chi connectivity index (χ4n) is 3.13. The van der Waals surface area contributed by atoms with Gasteiger partial charge in [0.05, 0.1) is 6.42 Å².